The molecule has 1 fully saturated rings. The van der Waals surface area contributed by atoms with E-state index in [0.717, 1.165) is 28.1 Å². The minimum atomic E-state index is -0.244. The van der Waals surface area contributed by atoms with Gasteiger partial charge >= 0.3 is 0 Å². The third-order valence-electron chi connectivity index (χ3n) is 4.73. The maximum absolute atomic E-state index is 12.4. The first-order valence-corrected chi connectivity index (χ1v) is 8.76. The van der Waals surface area contributed by atoms with E-state index in [9.17, 15) is 9.59 Å². The number of carbonyl (C=O) groups is 2. The fraction of sp³-hybridized carbons (Fsp3) is 0.333. The van der Waals surface area contributed by atoms with Crippen LogP contribution < -0.4 is 15.4 Å². The zero-order valence-electron chi connectivity index (χ0n) is 15.3. The van der Waals surface area contributed by atoms with Gasteiger partial charge in [0.15, 0.2) is 0 Å². The minimum absolute atomic E-state index is 0.0680. The Morgan fingerprint density at radius 3 is 2.38 bits per heavy atom. The van der Waals surface area contributed by atoms with E-state index in [1.807, 2.05) is 56.3 Å². The van der Waals surface area contributed by atoms with Gasteiger partial charge in [-0.25, -0.2) is 0 Å². The van der Waals surface area contributed by atoms with E-state index in [1.165, 1.54) is 0 Å². The van der Waals surface area contributed by atoms with Crippen molar-refractivity contribution in [1.29, 1.82) is 0 Å². The van der Waals surface area contributed by atoms with Gasteiger partial charge in [0.05, 0.1) is 18.9 Å². The summed E-state index contributed by atoms with van der Waals surface area (Å²) in [4.78, 5) is 24.6. The number of methoxy groups -OCH3 is 1. The minimum Gasteiger partial charge on any atom is -0.497 e. The van der Waals surface area contributed by atoms with Crippen LogP contribution in [0.15, 0.2) is 42.5 Å². The normalized spacial score (nSPS) is 18.1. The molecule has 2 aromatic carbocycles. The summed E-state index contributed by atoms with van der Waals surface area (Å²) in [6.45, 7) is 4.43. The van der Waals surface area contributed by atoms with Crippen molar-refractivity contribution in [2.45, 2.75) is 26.8 Å². The van der Waals surface area contributed by atoms with Crippen molar-refractivity contribution in [3.05, 3.63) is 59.2 Å². The molecule has 0 bridgehead atoms. The Bertz CT molecular complexity index is 815. The van der Waals surface area contributed by atoms with E-state index in [1.54, 1.807) is 7.11 Å². The molecule has 1 aliphatic rings. The van der Waals surface area contributed by atoms with Crippen LogP contribution in [0.4, 0.5) is 5.69 Å². The number of ether oxygens (including phenoxy) is 1. The third kappa shape index (κ3) is 4.23. The average Bonchev–Trinajstić information content (AvgIpc) is 3.43. The number of benzene rings is 2. The highest BCUT2D eigenvalue weighted by molar-refractivity contribution is 5.99. The molecular formula is C21H24N2O3. The maximum atomic E-state index is 12.4. The first-order chi connectivity index (χ1) is 12.5. The van der Waals surface area contributed by atoms with Crippen molar-refractivity contribution in [2.24, 2.45) is 11.8 Å². The Hall–Kier alpha value is -2.82. The van der Waals surface area contributed by atoms with Gasteiger partial charge in [0.2, 0.25) is 11.8 Å². The largest absolute Gasteiger partial charge is 0.497 e. The molecule has 0 spiro atoms. The first kappa shape index (κ1) is 18.0. The molecule has 2 atom stereocenters. The molecule has 5 heteroatoms. The van der Waals surface area contributed by atoms with Gasteiger partial charge in [-0.3, -0.25) is 9.59 Å². The van der Waals surface area contributed by atoms with Gasteiger partial charge in [0.25, 0.3) is 0 Å². The number of anilines is 1. The van der Waals surface area contributed by atoms with Crippen LogP contribution in [-0.4, -0.2) is 18.9 Å². The van der Waals surface area contributed by atoms with Crippen LogP contribution in [0.25, 0.3) is 0 Å². The lowest BCUT2D eigenvalue weighted by Gasteiger charge is -2.09. The predicted octanol–water partition coefficient (Wildman–Crippen LogP) is 3.20. The maximum Gasteiger partial charge on any atom is 0.228 e. The molecule has 5 nitrogen and oxygen atoms in total. The lowest BCUT2D eigenvalue weighted by Crippen LogP contribution is -2.27. The lowest BCUT2D eigenvalue weighted by molar-refractivity contribution is -0.125. The molecule has 2 aromatic rings. The van der Waals surface area contributed by atoms with Gasteiger partial charge in [-0.05, 0) is 49.6 Å². The van der Waals surface area contributed by atoms with E-state index < -0.39 is 0 Å². The number of amides is 2. The standard InChI is InChI=1S/C21H24N2O3/c1-13-4-9-19(14(2)10-13)23-21(25)18-11-17(18)20(24)22-12-15-5-7-16(26-3)8-6-15/h4-10,17-18H,11-12H2,1-3H3,(H,22,24)(H,23,25). The zero-order valence-corrected chi connectivity index (χ0v) is 15.3. The Kier molecular flexibility index (Phi) is 5.26. The van der Waals surface area contributed by atoms with Crippen molar-refractivity contribution in [2.75, 3.05) is 12.4 Å². The average molecular weight is 352 g/mol. The van der Waals surface area contributed by atoms with E-state index >= 15 is 0 Å². The second-order valence-corrected chi connectivity index (χ2v) is 6.82. The van der Waals surface area contributed by atoms with Crippen LogP contribution in [-0.2, 0) is 16.1 Å². The number of carbonyl (C=O) groups excluding carboxylic acids is 2. The summed E-state index contributed by atoms with van der Waals surface area (Å²) in [7, 11) is 1.62. The second-order valence-electron chi connectivity index (χ2n) is 6.82. The van der Waals surface area contributed by atoms with Gasteiger partial charge in [0.1, 0.15) is 5.75 Å². The molecule has 2 unspecified atom stereocenters. The molecule has 1 saturated carbocycles. The van der Waals surface area contributed by atoms with Gasteiger partial charge in [-0.1, -0.05) is 29.8 Å². The molecule has 0 aromatic heterocycles. The molecule has 136 valence electrons. The monoisotopic (exact) mass is 352 g/mol. The number of rotatable bonds is 6. The molecule has 0 radical (unpaired) electrons. The summed E-state index contributed by atoms with van der Waals surface area (Å²) in [5.41, 5.74) is 3.99. The molecule has 2 amide bonds. The SMILES string of the molecule is COc1ccc(CNC(=O)C2CC2C(=O)Nc2ccc(C)cc2C)cc1. The molecular weight excluding hydrogens is 328 g/mol. The fourth-order valence-corrected chi connectivity index (χ4v) is 3.02. The van der Waals surface area contributed by atoms with Gasteiger partial charge < -0.3 is 15.4 Å². The summed E-state index contributed by atoms with van der Waals surface area (Å²) in [5, 5.41) is 5.84. The smallest absolute Gasteiger partial charge is 0.228 e. The molecule has 26 heavy (non-hydrogen) atoms. The van der Waals surface area contributed by atoms with Crippen LogP contribution in [0, 0.1) is 25.7 Å². The van der Waals surface area contributed by atoms with Crippen LogP contribution in [0.3, 0.4) is 0 Å². The second kappa shape index (κ2) is 7.60. The number of hydrogen-bond acceptors (Lipinski definition) is 3. The molecule has 2 N–H and O–H groups in total. The van der Waals surface area contributed by atoms with Crippen LogP contribution >= 0.6 is 0 Å². The van der Waals surface area contributed by atoms with E-state index in [2.05, 4.69) is 10.6 Å². The summed E-state index contributed by atoms with van der Waals surface area (Å²) in [6.07, 6.45) is 0.602. The van der Waals surface area contributed by atoms with Crippen LogP contribution in [0.5, 0.6) is 5.75 Å². The Labute approximate surface area is 153 Å². The highest BCUT2D eigenvalue weighted by Gasteiger charge is 2.47. The van der Waals surface area contributed by atoms with E-state index in [-0.39, 0.29) is 23.7 Å². The summed E-state index contributed by atoms with van der Waals surface area (Å²) in [6, 6.07) is 13.4. The fourth-order valence-electron chi connectivity index (χ4n) is 3.02. The van der Waals surface area contributed by atoms with Crippen molar-refractivity contribution in [3.8, 4) is 5.75 Å². The number of aryl methyl sites for hydroxylation is 2. The van der Waals surface area contributed by atoms with Gasteiger partial charge in [-0.15, -0.1) is 0 Å². The van der Waals surface area contributed by atoms with E-state index in [0.29, 0.717) is 13.0 Å². The quantitative estimate of drug-likeness (QED) is 0.839. The Morgan fingerprint density at radius 2 is 1.73 bits per heavy atom. The van der Waals surface area contributed by atoms with Crippen molar-refractivity contribution >= 4 is 17.5 Å². The van der Waals surface area contributed by atoms with Gasteiger partial charge in [0, 0.05) is 12.2 Å². The Balaban J connectivity index is 1.49. The highest BCUT2D eigenvalue weighted by atomic mass is 16.5. The number of nitrogens with one attached hydrogen (secondary N) is 2. The Morgan fingerprint density at radius 1 is 1.04 bits per heavy atom. The lowest BCUT2D eigenvalue weighted by atomic mass is 10.1. The van der Waals surface area contributed by atoms with Gasteiger partial charge in [-0.2, -0.15) is 0 Å². The molecule has 0 saturated heterocycles. The van der Waals surface area contributed by atoms with Crippen LogP contribution in [0.1, 0.15) is 23.1 Å². The van der Waals surface area contributed by atoms with Crippen molar-refractivity contribution in [3.63, 3.8) is 0 Å². The topological polar surface area (TPSA) is 67.4 Å². The van der Waals surface area contributed by atoms with E-state index in [4.69, 9.17) is 4.74 Å². The van der Waals surface area contributed by atoms with Crippen molar-refractivity contribution in [1.82, 2.24) is 5.32 Å². The molecule has 3 rings (SSSR count). The van der Waals surface area contributed by atoms with Crippen molar-refractivity contribution < 1.29 is 14.3 Å². The summed E-state index contributed by atoms with van der Waals surface area (Å²) >= 11 is 0. The predicted molar refractivity (Wildman–Crippen MR) is 101 cm³/mol. The first-order valence-electron chi connectivity index (χ1n) is 8.76. The molecule has 0 aliphatic heterocycles. The zero-order chi connectivity index (χ0) is 18.7. The molecule has 0 heterocycles. The highest BCUT2D eigenvalue weighted by Crippen LogP contribution is 2.39. The van der Waals surface area contributed by atoms with Crippen LogP contribution in [0.2, 0.25) is 0 Å². The summed E-state index contributed by atoms with van der Waals surface area (Å²) < 4.78 is 5.12. The summed E-state index contributed by atoms with van der Waals surface area (Å²) in [5.74, 6) is 0.152. The molecule has 1 aliphatic carbocycles. The number of hydrogen-bond donors (Lipinski definition) is 2. The third-order valence-corrected chi connectivity index (χ3v) is 4.73.